The Bertz CT molecular complexity index is 2210. The van der Waals surface area contributed by atoms with Crippen LogP contribution >= 0.6 is 0 Å². The predicted octanol–water partition coefficient (Wildman–Crippen LogP) is 10.7. The van der Waals surface area contributed by atoms with Gasteiger partial charge in [-0.15, -0.1) is 0 Å². The Morgan fingerprint density at radius 1 is 0.796 bits per heavy atom. The van der Waals surface area contributed by atoms with E-state index in [0.717, 1.165) is 30.7 Å². The molecule has 9 rings (SSSR count). The molecule has 0 radical (unpaired) electrons. The molecule has 2 heterocycles. The van der Waals surface area contributed by atoms with Crippen molar-refractivity contribution >= 4 is 16.5 Å². The van der Waals surface area contributed by atoms with E-state index in [1.807, 2.05) is 0 Å². The second kappa shape index (κ2) is 11.7. The van der Waals surface area contributed by atoms with Gasteiger partial charge in [-0.25, -0.2) is 10.4 Å². The van der Waals surface area contributed by atoms with Crippen LogP contribution in [0.15, 0.2) is 132 Å². The molecular formula is C45H43N3O. The van der Waals surface area contributed by atoms with Gasteiger partial charge in [-0.2, -0.15) is 5.12 Å². The normalized spacial score (nSPS) is 20.3. The number of furan rings is 1. The fourth-order valence-corrected chi connectivity index (χ4v) is 8.81. The summed E-state index contributed by atoms with van der Waals surface area (Å²) in [6, 6.07) is 44.3. The van der Waals surface area contributed by atoms with Crippen LogP contribution in [0.3, 0.4) is 0 Å². The lowest BCUT2D eigenvalue weighted by Gasteiger charge is -2.56. The molecule has 2 aliphatic carbocycles. The second-order valence-corrected chi connectivity index (χ2v) is 14.6. The molecule has 0 amide bonds. The van der Waals surface area contributed by atoms with E-state index in [0.29, 0.717) is 5.92 Å². The lowest BCUT2D eigenvalue weighted by Crippen LogP contribution is -2.73. The van der Waals surface area contributed by atoms with Gasteiger partial charge in [0.2, 0.25) is 0 Å². The molecule has 0 bridgehead atoms. The van der Waals surface area contributed by atoms with Gasteiger partial charge in [0.05, 0.1) is 6.04 Å². The van der Waals surface area contributed by atoms with Crippen LogP contribution in [0, 0.1) is 5.92 Å². The number of rotatable bonds is 7. The number of hydrogen-bond acceptors (Lipinski definition) is 4. The highest BCUT2D eigenvalue weighted by Gasteiger charge is 2.46. The zero-order valence-corrected chi connectivity index (χ0v) is 28.8. The van der Waals surface area contributed by atoms with Crippen molar-refractivity contribution in [1.29, 1.82) is 0 Å². The van der Waals surface area contributed by atoms with E-state index in [-0.39, 0.29) is 17.6 Å². The standard InChI is InChI=1S/C45H43N3O/c1-5-39(34-24-25-38-42(41(34)31-18-10-7-11-19-31)33-21-12-14-22-37(33)45(38,3)4)48-46-44(47(48)28-30-16-8-6-9-17-30)36-27-29(2)26-35-32-20-13-15-23-40(32)49-43(35)36/h6-25,27,29,39,44,46H,5,26,28H2,1-4H3/t29?,39-,44?/m1/s1. The van der Waals surface area contributed by atoms with Gasteiger partial charge in [0.25, 0.3) is 0 Å². The fraction of sp³-hybridized carbons (Fsp3) is 0.244. The van der Waals surface area contributed by atoms with Crippen LogP contribution in [0.25, 0.3) is 38.8 Å². The monoisotopic (exact) mass is 641 g/mol. The molecule has 3 atom stereocenters. The van der Waals surface area contributed by atoms with Gasteiger partial charge >= 0.3 is 0 Å². The number of hydrogen-bond donors (Lipinski definition) is 1. The number of para-hydroxylation sites is 1. The van der Waals surface area contributed by atoms with E-state index in [1.54, 1.807) is 0 Å². The highest BCUT2D eigenvalue weighted by Crippen LogP contribution is 2.54. The summed E-state index contributed by atoms with van der Waals surface area (Å²) in [5.41, 5.74) is 18.2. The summed E-state index contributed by atoms with van der Waals surface area (Å²) in [5.74, 6) is 1.45. The topological polar surface area (TPSA) is 31.6 Å². The molecule has 0 saturated carbocycles. The smallest absolute Gasteiger partial charge is 0.137 e. The Morgan fingerprint density at radius 3 is 2.31 bits per heavy atom. The Labute approximate surface area is 289 Å². The lowest BCUT2D eigenvalue weighted by atomic mass is 9.80. The van der Waals surface area contributed by atoms with Crippen molar-refractivity contribution in [3.05, 3.63) is 161 Å². The SMILES string of the molecule is CC[C@H](c1ccc2c(c1-c1ccccc1)-c1ccccc1C2(C)C)N1NC(C2=CC(C)Cc3c2oc2ccccc32)N1Cc1ccccc1. The van der Waals surface area contributed by atoms with Gasteiger partial charge in [0.1, 0.15) is 17.5 Å². The summed E-state index contributed by atoms with van der Waals surface area (Å²) in [6.07, 6.45) is 4.36. The third-order valence-electron chi connectivity index (χ3n) is 11.1. The van der Waals surface area contributed by atoms with Gasteiger partial charge < -0.3 is 4.42 Å². The zero-order chi connectivity index (χ0) is 33.3. The first-order valence-electron chi connectivity index (χ1n) is 17.8. The zero-order valence-electron chi connectivity index (χ0n) is 28.8. The Morgan fingerprint density at radius 2 is 1.51 bits per heavy atom. The first-order chi connectivity index (χ1) is 23.9. The lowest BCUT2D eigenvalue weighted by molar-refractivity contribution is -0.242. The molecule has 5 aromatic carbocycles. The van der Waals surface area contributed by atoms with Crippen LogP contribution in [0.1, 0.15) is 73.7 Å². The number of benzene rings is 5. The summed E-state index contributed by atoms with van der Waals surface area (Å²) in [7, 11) is 0. The van der Waals surface area contributed by atoms with Gasteiger partial charge in [0.15, 0.2) is 0 Å². The minimum Gasteiger partial charge on any atom is -0.456 e. The molecule has 2 unspecified atom stereocenters. The summed E-state index contributed by atoms with van der Waals surface area (Å²) >= 11 is 0. The predicted molar refractivity (Wildman–Crippen MR) is 200 cm³/mol. The van der Waals surface area contributed by atoms with Gasteiger partial charge in [-0.05, 0) is 69.3 Å². The van der Waals surface area contributed by atoms with Crippen molar-refractivity contribution in [1.82, 2.24) is 15.6 Å². The van der Waals surface area contributed by atoms with E-state index in [4.69, 9.17) is 4.42 Å². The molecule has 1 N–H and O–H groups in total. The van der Waals surface area contributed by atoms with Crippen molar-refractivity contribution < 1.29 is 4.42 Å². The average Bonchev–Trinajstić information content (AvgIpc) is 3.61. The van der Waals surface area contributed by atoms with Crippen molar-refractivity contribution in [3.8, 4) is 22.3 Å². The Kier molecular flexibility index (Phi) is 7.24. The maximum atomic E-state index is 6.64. The molecule has 1 aliphatic heterocycles. The molecular weight excluding hydrogens is 599 g/mol. The van der Waals surface area contributed by atoms with Crippen LogP contribution in [0.2, 0.25) is 0 Å². The molecule has 49 heavy (non-hydrogen) atoms. The van der Waals surface area contributed by atoms with Crippen LogP contribution < -0.4 is 5.43 Å². The average molecular weight is 642 g/mol. The minimum absolute atomic E-state index is 0.00872. The molecule has 0 spiro atoms. The van der Waals surface area contributed by atoms with Crippen LogP contribution in [-0.4, -0.2) is 16.3 Å². The van der Waals surface area contributed by atoms with E-state index >= 15 is 0 Å². The largest absolute Gasteiger partial charge is 0.456 e. The number of allylic oxidation sites excluding steroid dienone is 1. The molecule has 6 aromatic rings. The molecule has 3 aliphatic rings. The second-order valence-electron chi connectivity index (χ2n) is 14.6. The molecule has 4 heteroatoms. The number of hydrazine groups is 2. The van der Waals surface area contributed by atoms with Crippen molar-refractivity contribution in [3.63, 3.8) is 0 Å². The highest BCUT2D eigenvalue weighted by molar-refractivity contribution is 5.94. The molecule has 1 saturated heterocycles. The molecule has 244 valence electrons. The first kappa shape index (κ1) is 30.3. The maximum absolute atomic E-state index is 6.64. The van der Waals surface area contributed by atoms with E-state index < -0.39 is 0 Å². The minimum atomic E-state index is -0.0659. The Hall–Kier alpha value is -4.74. The Balaban J connectivity index is 1.18. The van der Waals surface area contributed by atoms with E-state index in [9.17, 15) is 0 Å². The summed E-state index contributed by atoms with van der Waals surface area (Å²) < 4.78 is 6.64. The van der Waals surface area contributed by atoms with Crippen LogP contribution in [-0.2, 0) is 18.4 Å². The van der Waals surface area contributed by atoms with E-state index in [2.05, 4.69) is 171 Å². The first-order valence-corrected chi connectivity index (χ1v) is 17.8. The highest BCUT2D eigenvalue weighted by atomic mass is 16.3. The summed E-state index contributed by atoms with van der Waals surface area (Å²) in [6.45, 7) is 10.2. The van der Waals surface area contributed by atoms with Crippen LogP contribution in [0.5, 0.6) is 0 Å². The number of nitrogens with zero attached hydrogens (tertiary/aromatic N) is 2. The summed E-state index contributed by atoms with van der Waals surface area (Å²) in [4.78, 5) is 0. The number of fused-ring (bicyclic) bond motifs is 6. The number of nitrogens with one attached hydrogen (secondary N) is 1. The summed E-state index contributed by atoms with van der Waals surface area (Å²) in [5, 5.41) is 6.19. The quantitative estimate of drug-likeness (QED) is 0.188. The van der Waals surface area contributed by atoms with Crippen LogP contribution in [0.4, 0.5) is 0 Å². The molecule has 4 nitrogen and oxygen atoms in total. The van der Waals surface area contributed by atoms with Gasteiger partial charge in [-0.1, -0.05) is 149 Å². The van der Waals surface area contributed by atoms with Gasteiger partial charge in [-0.3, -0.25) is 0 Å². The van der Waals surface area contributed by atoms with Gasteiger partial charge in [0, 0.05) is 28.5 Å². The fourth-order valence-electron chi connectivity index (χ4n) is 8.81. The maximum Gasteiger partial charge on any atom is 0.137 e. The third kappa shape index (κ3) is 4.77. The van der Waals surface area contributed by atoms with Crippen molar-refractivity contribution in [2.75, 3.05) is 0 Å². The molecule has 1 fully saturated rings. The van der Waals surface area contributed by atoms with E-state index in [1.165, 1.54) is 61.0 Å². The van der Waals surface area contributed by atoms with Crippen molar-refractivity contribution in [2.45, 2.75) is 64.7 Å². The van der Waals surface area contributed by atoms with Crippen molar-refractivity contribution in [2.24, 2.45) is 5.92 Å². The molecule has 1 aromatic heterocycles. The third-order valence-corrected chi connectivity index (χ3v) is 11.1.